The molecule has 3 aromatic rings. The molecule has 0 radical (unpaired) electrons. The summed E-state index contributed by atoms with van der Waals surface area (Å²) in [6, 6.07) is 11.8. The number of nitrogens with zero attached hydrogens (tertiary/aromatic N) is 2. The van der Waals surface area contributed by atoms with Crippen LogP contribution in [0, 0.1) is 0 Å². The average molecular weight is 445 g/mol. The van der Waals surface area contributed by atoms with Gasteiger partial charge in [-0.05, 0) is 42.5 Å². The Balaban J connectivity index is 1.50. The molecule has 9 heteroatoms. The van der Waals surface area contributed by atoms with Gasteiger partial charge in [0.05, 0.1) is 15.5 Å². The topological polar surface area (TPSA) is 95.2 Å². The molecule has 4 rings (SSSR count). The number of sulfonamides is 1. The van der Waals surface area contributed by atoms with Crippen LogP contribution in [0.1, 0.15) is 42.5 Å². The fraction of sp³-hybridized carbons (Fsp3) is 0.333. The summed E-state index contributed by atoms with van der Waals surface area (Å²) in [5.41, 5.74) is 1.08. The lowest BCUT2D eigenvalue weighted by molar-refractivity contribution is 0.102. The highest BCUT2D eigenvalue weighted by molar-refractivity contribution is 7.89. The van der Waals surface area contributed by atoms with E-state index < -0.39 is 15.9 Å². The number of carbonyl (C=O) groups excluding carboxylic acids is 1. The van der Waals surface area contributed by atoms with E-state index >= 15 is 0 Å². The van der Waals surface area contributed by atoms with Gasteiger partial charge in [-0.1, -0.05) is 31.4 Å². The number of hydrogen-bond donors (Lipinski definition) is 2. The highest BCUT2D eigenvalue weighted by Gasteiger charge is 2.29. The van der Waals surface area contributed by atoms with Crippen molar-refractivity contribution in [2.45, 2.75) is 43.0 Å². The Morgan fingerprint density at radius 2 is 1.97 bits per heavy atom. The van der Waals surface area contributed by atoms with Crippen LogP contribution in [0.5, 0.6) is 0 Å². The minimum atomic E-state index is -3.66. The summed E-state index contributed by atoms with van der Waals surface area (Å²) in [7, 11) is -2.03. The van der Waals surface area contributed by atoms with Gasteiger partial charge in [0.15, 0.2) is 5.82 Å². The van der Waals surface area contributed by atoms with Crippen LogP contribution < -0.4 is 5.32 Å². The number of thiophene rings is 1. The molecule has 158 valence electrons. The number of nitrogens with one attached hydrogen (secondary N) is 2. The summed E-state index contributed by atoms with van der Waals surface area (Å²) in [4.78, 5) is 13.8. The highest BCUT2D eigenvalue weighted by atomic mass is 32.2. The monoisotopic (exact) mass is 444 g/mol. The number of rotatable bonds is 6. The van der Waals surface area contributed by atoms with Crippen LogP contribution in [0.3, 0.4) is 0 Å². The van der Waals surface area contributed by atoms with Gasteiger partial charge in [0.25, 0.3) is 5.91 Å². The van der Waals surface area contributed by atoms with Crippen LogP contribution in [0.15, 0.2) is 52.7 Å². The lowest BCUT2D eigenvalue weighted by atomic mass is 9.96. The zero-order chi connectivity index (χ0) is 21.1. The highest BCUT2D eigenvalue weighted by Crippen LogP contribution is 2.27. The molecule has 2 aromatic heterocycles. The van der Waals surface area contributed by atoms with Crippen LogP contribution >= 0.6 is 11.3 Å². The molecule has 0 unspecified atom stereocenters. The molecule has 30 heavy (non-hydrogen) atoms. The maximum absolute atomic E-state index is 13.1. The zero-order valence-corrected chi connectivity index (χ0v) is 18.3. The summed E-state index contributed by atoms with van der Waals surface area (Å²) in [6.45, 7) is 0. The zero-order valence-electron chi connectivity index (χ0n) is 16.7. The van der Waals surface area contributed by atoms with E-state index in [0.29, 0.717) is 5.82 Å². The lowest BCUT2D eigenvalue weighted by Crippen LogP contribution is -2.38. The van der Waals surface area contributed by atoms with Crippen molar-refractivity contribution in [2.75, 3.05) is 12.4 Å². The van der Waals surface area contributed by atoms with Crippen molar-refractivity contribution in [3.05, 3.63) is 53.4 Å². The molecule has 1 amide bonds. The largest absolute Gasteiger partial charge is 0.305 e. The number of benzene rings is 1. The molecule has 2 N–H and O–H groups in total. The van der Waals surface area contributed by atoms with Crippen LogP contribution in [-0.4, -0.2) is 41.9 Å². The molecule has 2 heterocycles. The third-order valence-corrected chi connectivity index (χ3v) is 8.28. The van der Waals surface area contributed by atoms with Crippen molar-refractivity contribution in [3.8, 4) is 10.6 Å². The van der Waals surface area contributed by atoms with Crippen LogP contribution in [0.25, 0.3) is 10.6 Å². The van der Waals surface area contributed by atoms with Gasteiger partial charge in [-0.15, -0.1) is 11.3 Å². The van der Waals surface area contributed by atoms with Crippen molar-refractivity contribution in [3.63, 3.8) is 0 Å². The van der Waals surface area contributed by atoms with Gasteiger partial charge in [-0.2, -0.15) is 9.40 Å². The second-order valence-corrected chi connectivity index (χ2v) is 10.4. The summed E-state index contributed by atoms with van der Waals surface area (Å²) >= 11 is 1.57. The molecule has 0 spiro atoms. The van der Waals surface area contributed by atoms with Crippen LogP contribution in [0.4, 0.5) is 5.82 Å². The number of aromatic nitrogens is 2. The average Bonchev–Trinajstić information content (AvgIpc) is 3.46. The molecule has 1 aliphatic carbocycles. The predicted octanol–water partition coefficient (Wildman–Crippen LogP) is 4.34. The minimum absolute atomic E-state index is 0.0148. The second-order valence-electron chi connectivity index (χ2n) is 7.44. The van der Waals surface area contributed by atoms with Crippen LogP contribution in [-0.2, 0) is 10.0 Å². The normalized spacial score (nSPS) is 15.4. The fourth-order valence-electron chi connectivity index (χ4n) is 3.74. The molecule has 1 fully saturated rings. The molecule has 1 saturated carbocycles. The summed E-state index contributed by atoms with van der Waals surface area (Å²) in [5, 5.41) is 11.7. The van der Waals surface area contributed by atoms with Crippen LogP contribution in [0.2, 0.25) is 0 Å². The van der Waals surface area contributed by atoms with Crippen molar-refractivity contribution in [1.29, 1.82) is 0 Å². The second kappa shape index (κ2) is 8.71. The molecule has 0 atom stereocenters. The first-order valence-electron chi connectivity index (χ1n) is 9.94. The van der Waals surface area contributed by atoms with E-state index in [4.69, 9.17) is 0 Å². The third-order valence-electron chi connectivity index (χ3n) is 5.47. The van der Waals surface area contributed by atoms with E-state index in [-0.39, 0.29) is 16.5 Å². The Kier molecular flexibility index (Phi) is 6.03. The molecule has 1 aromatic carbocycles. The number of hydrogen-bond acceptors (Lipinski definition) is 5. The maximum Gasteiger partial charge on any atom is 0.256 e. The quantitative estimate of drug-likeness (QED) is 0.591. The van der Waals surface area contributed by atoms with Gasteiger partial charge in [0.2, 0.25) is 10.0 Å². The molecular weight excluding hydrogens is 420 g/mol. The lowest BCUT2D eigenvalue weighted by Gasteiger charge is -2.30. The van der Waals surface area contributed by atoms with Gasteiger partial charge in [0, 0.05) is 24.7 Å². The summed E-state index contributed by atoms with van der Waals surface area (Å²) < 4.78 is 27.6. The molecule has 1 aliphatic rings. The molecule has 0 bridgehead atoms. The molecule has 7 nitrogen and oxygen atoms in total. The Labute approximate surface area is 180 Å². The van der Waals surface area contributed by atoms with E-state index in [1.807, 2.05) is 17.5 Å². The van der Waals surface area contributed by atoms with E-state index in [1.54, 1.807) is 36.6 Å². The standard InChI is InChI=1S/C21H24N4O3S2/c1-25(16-8-3-2-4-9-16)30(27,28)17-10-5-7-15(13-17)21(26)22-20-14-18(23-24-20)19-11-6-12-29-19/h5-7,10-14,16H,2-4,8-9H2,1H3,(H2,22,23,24,26). The van der Waals surface area contributed by atoms with E-state index in [1.165, 1.54) is 16.4 Å². The third kappa shape index (κ3) is 4.33. The van der Waals surface area contributed by atoms with E-state index in [0.717, 1.165) is 42.7 Å². The van der Waals surface area contributed by atoms with Gasteiger partial charge in [-0.25, -0.2) is 8.42 Å². The van der Waals surface area contributed by atoms with Crippen molar-refractivity contribution in [2.24, 2.45) is 0 Å². The van der Waals surface area contributed by atoms with E-state index in [9.17, 15) is 13.2 Å². The first-order chi connectivity index (χ1) is 14.4. The summed E-state index contributed by atoms with van der Waals surface area (Å²) in [5.74, 6) is -0.0208. The SMILES string of the molecule is CN(C1CCCCC1)S(=O)(=O)c1cccc(C(=O)Nc2cc(-c3cccs3)[nH]n2)c1. The van der Waals surface area contributed by atoms with Crippen molar-refractivity contribution in [1.82, 2.24) is 14.5 Å². The van der Waals surface area contributed by atoms with Gasteiger partial charge < -0.3 is 5.32 Å². The van der Waals surface area contributed by atoms with Gasteiger partial charge in [0.1, 0.15) is 0 Å². The van der Waals surface area contributed by atoms with Gasteiger partial charge >= 0.3 is 0 Å². The maximum atomic E-state index is 13.1. The van der Waals surface area contributed by atoms with E-state index in [2.05, 4.69) is 15.5 Å². The smallest absolute Gasteiger partial charge is 0.256 e. The number of anilines is 1. The Morgan fingerprint density at radius 3 is 2.70 bits per heavy atom. The number of H-pyrrole nitrogens is 1. The Hall–Kier alpha value is -2.49. The Morgan fingerprint density at radius 1 is 1.17 bits per heavy atom. The number of aromatic amines is 1. The molecule has 0 aliphatic heterocycles. The minimum Gasteiger partial charge on any atom is -0.305 e. The Bertz CT molecular complexity index is 1120. The van der Waals surface area contributed by atoms with Crippen molar-refractivity contribution < 1.29 is 13.2 Å². The first kappa shape index (κ1) is 20.8. The summed E-state index contributed by atoms with van der Waals surface area (Å²) in [6.07, 6.45) is 5.00. The molecular formula is C21H24N4O3S2. The number of amides is 1. The van der Waals surface area contributed by atoms with Crippen molar-refractivity contribution >= 4 is 33.1 Å². The predicted molar refractivity (Wildman–Crippen MR) is 118 cm³/mol. The van der Waals surface area contributed by atoms with Gasteiger partial charge in [-0.3, -0.25) is 9.89 Å². The first-order valence-corrected chi connectivity index (χ1v) is 12.3. The number of carbonyl (C=O) groups is 1. The molecule has 0 saturated heterocycles. The fourth-order valence-corrected chi connectivity index (χ4v) is 5.89.